The van der Waals surface area contributed by atoms with Crippen LogP contribution in [0, 0.1) is 0 Å². The molecule has 72 valence electrons. The molecule has 0 fully saturated rings. The molecule has 0 spiro atoms. The Bertz CT molecular complexity index is 272. The number of hydrogen-bond donors (Lipinski definition) is 1. The molecule has 0 aliphatic carbocycles. The molecular formula is C7H12N4OS. The molecule has 0 aromatic carbocycles. The van der Waals surface area contributed by atoms with E-state index in [4.69, 9.17) is 0 Å². The number of urea groups is 1. The van der Waals surface area contributed by atoms with Gasteiger partial charge in [0.05, 0.1) is 6.20 Å². The average Bonchev–Trinajstić information content (AvgIpc) is 2.55. The van der Waals surface area contributed by atoms with Gasteiger partial charge in [0.15, 0.2) is 0 Å². The topological polar surface area (TPSA) is 58.1 Å². The predicted octanol–water partition coefficient (Wildman–Crippen LogP) is 1.41. The zero-order valence-electron chi connectivity index (χ0n) is 7.81. The van der Waals surface area contributed by atoms with Crippen LogP contribution in [0.3, 0.4) is 0 Å². The van der Waals surface area contributed by atoms with Crippen molar-refractivity contribution in [2.45, 2.75) is 19.9 Å². The number of hydrogen-bond acceptors (Lipinski definition) is 4. The number of anilines is 1. The van der Waals surface area contributed by atoms with Crippen LogP contribution in [0.2, 0.25) is 0 Å². The molecule has 0 radical (unpaired) electrons. The van der Waals surface area contributed by atoms with Gasteiger partial charge in [-0.05, 0) is 13.8 Å². The van der Waals surface area contributed by atoms with Crippen LogP contribution in [-0.2, 0) is 0 Å². The van der Waals surface area contributed by atoms with Crippen molar-refractivity contribution in [1.82, 2.24) is 14.5 Å². The van der Waals surface area contributed by atoms with Crippen molar-refractivity contribution >= 4 is 22.6 Å². The lowest BCUT2D eigenvalue weighted by Gasteiger charge is -2.20. The molecule has 0 saturated carbocycles. The SMILES string of the molecule is CC(C)N(C)C(=O)Nc1cnns1. The van der Waals surface area contributed by atoms with Crippen molar-refractivity contribution in [3.8, 4) is 0 Å². The van der Waals surface area contributed by atoms with Gasteiger partial charge in [0.25, 0.3) is 0 Å². The Hall–Kier alpha value is -1.17. The number of rotatable bonds is 2. The molecule has 1 aromatic rings. The second-order valence-corrected chi connectivity index (χ2v) is 3.70. The van der Waals surface area contributed by atoms with Gasteiger partial charge >= 0.3 is 6.03 Å². The zero-order valence-corrected chi connectivity index (χ0v) is 8.63. The number of carbonyl (C=O) groups is 1. The summed E-state index contributed by atoms with van der Waals surface area (Å²) in [6, 6.07) is 0.0435. The molecule has 6 heteroatoms. The van der Waals surface area contributed by atoms with E-state index in [1.165, 1.54) is 6.20 Å². The smallest absolute Gasteiger partial charge is 0.322 e. The van der Waals surface area contributed by atoms with Gasteiger partial charge in [-0.3, -0.25) is 5.32 Å². The third-order valence-electron chi connectivity index (χ3n) is 1.69. The largest absolute Gasteiger partial charge is 0.325 e. The monoisotopic (exact) mass is 200 g/mol. The highest BCUT2D eigenvalue weighted by atomic mass is 32.1. The van der Waals surface area contributed by atoms with Gasteiger partial charge in [-0.25, -0.2) is 4.79 Å². The second-order valence-electron chi connectivity index (χ2n) is 2.92. The van der Waals surface area contributed by atoms with Gasteiger partial charge in [0, 0.05) is 24.6 Å². The summed E-state index contributed by atoms with van der Waals surface area (Å²) in [5.74, 6) is 0. The highest BCUT2D eigenvalue weighted by Gasteiger charge is 2.12. The summed E-state index contributed by atoms with van der Waals surface area (Å²) in [5.41, 5.74) is 0. The summed E-state index contributed by atoms with van der Waals surface area (Å²) < 4.78 is 3.64. The summed E-state index contributed by atoms with van der Waals surface area (Å²) in [6.07, 6.45) is 1.52. The van der Waals surface area contributed by atoms with Crippen molar-refractivity contribution in [3.63, 3.8) is 0 Å². The van der Waals surface area contributed by atoms with Crippen LogP contribution in [0.4, 0.5) is 9.80 Å². The molecule has 0 bridgehead atoms. The lowest BCUT2D eigenvalue weighted by Crippen LogP contribution is -2.36. The number of nitrogens with one attached hydrogen (secondary N) is 1. The summed E-state index contributed by atoms with van der Waals surface area (Å²) in [7, 11) is 1.74. The number of carbonyl (C=O) groups excluding carboxylic acids is 1. The minimum atomic E-state index is -0.138. The molecule has 0 atom stereocenters. The van der Waals surface area contributed by atoms with Crippen LogP contribution >= 0.6 is 11.5 Å². The maximum Gasteiger partial charge on any atom is 0.322 e. The molecule has 0 aliphatic rings. The van der Waals surface area contributed by atoms with E-state index in [-0.39, 0.29) is 12.1 Å². The van der Waals surface area contributed by atoms with Gasteiger partial charge in [-0.1, -0.05) is 4.49 Å². The van der Waals surface area contributed by atoms with Crippen LogP contribution in [0.25, 0.3) is 0 Å². The molecule has 1 rings (SSSR count). The first kappa shape index (κ1) is 9.91. The Balaban J connectivity index is 2.51. The van der Waals surface area contributed by atoms with E-state index >= 15 is 0 Å². The molecule has 0 saturated heterocycles. The van der Waals surface area contributed by atoms with E-state index in [0.29, 0.717) is 5.00 Å². The molecule has 1 N–H and O–H groups in total. The minimum Gasteiger partial charge on any atom is -0.325 e. The number of amides is 2. The molecule has 1 aromatic heterocycles. The van der Waals surface area contributed by atoms with E-state index in [9.17, 15) is 4.79 Å². The maximum absolute atomic E-state index is 11.4. The van der Waals surface area contributed by atoms with Crippen LogP contribution < -0.4 is 5.32 Å². The van der Waals surface area contributed by atoms with Gasteiger partial charge in [-0.2, -0.15) is 0 Å². The first-order valence-electron chi connectivity index (χ1n) is 3.92. The predicted molar refractivity (Wildman–Crippen MR) is 51.8 cm³/mol. The molecule has 0 aliphatic heterocycles. The minimum absolute atomic E-state index is 0.138. The first-order chi connectivity index (χ1) is 6.11. The third kappa shape index (κ3) is 2.66. The fraction of sp³-hybridized carbons (Fsp3) is 0.571. The fourth-order valence-corrected chi connectivity index (χ4v) is 1.06. The van der Waals surface area contributed by atoms with E-state index in [2.05, 4.69) is 14.9 Å². The molecule has 13 heavy (non-hydrogen) atoms. The Kier molecular flexibility index (Phi) is 3.18. The number of nitrogens with zero attached hydrogens (tertiary/aromatic N) is 3. The molecule has 1 heterocycles. The molecule has 5 nitrogen and oxygen atoms in total. The van der Waals surface area contributed by atoms with Crippen molar-refractivity contribution < 1.29 is 4.79 Å². The maximum atomic E-state index is 11.4. The summed E-state index contributed by atoms with van der Waals surface area (Å²) in [5, 5.41) is 6.96. The van der Waals surface area contributed by atoms with E-state index < -0.39 is 0 Å². The van der Waals surface area contributed by atoms with Crippen molar-refractivity contribution in [2.75, 3.05) is 12.4 Å². The molecule has 2 amide bonds. The van der Waals surface area contributed by atoms with Gasteiger partial charge in [0.2, 0.25) is 0 Å². The van der Waals surface area contributed by atoms with Gasteiger partial charge in [-0.15, -0.1) is 5.10 Å². The highest BCUT2D eigenvalue weighted by Crippen LogP contribution is 2.10. The Morgan fingerprint density at radius 1 is 1.69 bits per heavy atom. The summed E-state index contributed by atoms with van der Waals surface area (Å²) in [6.45, 7) is 3.90. The van der Waals surface area contributed by atoms with Crippen LogP contribution in [0.15, 0.2) is 6.20 Å². The Labute approximate surface area is 80.9 Å². The lowest BCUT2D eigenvalue weighted by atomic mass is 10.4. The molecular weight excluding hydrogens is 188 g/mol. The van der Waals surface area contributed by atoms with E-state index in [1.807, 2.05) is 13.8 Å². The Morgan fingerprint density at radius 3 is 2.85 bits per heavy atom. The quantitative estimate of drug-likeness (QED) is 0.785. The Morgan fingerprint density at radius 2 is 2.38 bits per heavy atom. The van der Waals surface area contributed by atoms with Gasteiger partial charge in [0.1, 0.15) is 5.00 Å². The van der Waals surface area contributed by atoms with Crippen molar-refractivity contribution in [3.05, 3.63) is 6.20 Å². The molecule has 0 unspecified atom stereocenters. The van der Waals surface area contributed by atoms with Crippen LogP contribution in [0.5, 0.6) is 0 Å². The summed E-state index contributed by atoms with van der Waals surface area (Å²) >= 11 is 1.16. The van der Waals surface area contributed by atoms with Gasteiger partial charge < -0.3 is 4.90 Å². The fourth-order valence-electron chi connectivity index (χ4n) is 0.650. The number of aromatic nitrogens is 2. The van der Waals surface area contributed by atoms with E-state index in [0.717, 1.165) is 11.5 Å². The lowest BCUT2D eigenvalue weighted by molar-refractivity contribution is 0.211. The average molecular weight is 200 g/mol. The van der Waals surface area contributed by atoms with Crippen molar-refractivity contribution in [2.24, 2.45) is 0 Å². The van der Waals surface area contributed by atoms with Crippen LogP contribution in [0.1, 0.15) is 13.8 Å². The normalized spacial score (nSPS) is 10.2. The first-order valence-corrected chi connectivity index (χ1v) is 4.69. The third-order valence-corrected chi connectivity index (χ3v) is 2.27. The second kappa shape index (κ2) is 4.18. The zero-order chi connectivity index (χ0) is 9.84. The van der Waals surface area contributed by atoms with E-state index in [1.54, 1.807) is 11.9 Å². The van der Waals surface area contributed by atoms with Crippen molar-refractivity contribution in [1.29, 1.82) is 0 Å². The van der Waals surface area contributed by atoms with Crippen LogP contribution in [-0.4, -0.2) is 33.6 Å². The summed E-state index contributed by atoms with van der Waals surface area (Å²) in [4.78, 5) is 13.0. The highest BCUT2D eigenvalue weighted by molar-refractivity contribution is 7.10. The standard InChI is InChI=1S/C7H12N4OS/c1-5(2)11(3)7(12)9-6-4-8-10-13-6/h4-5H,1-3H3,(H,9,12).